The number of amides is 2. The lowest BCUT2D eigenvalue weighted by Gasteiger charge is -2.33. The van der Waals surface area contributed by atoms with Crippen LogP contribution < -0.4 is 14.4 Å². The summed E-state index contributed by atoms with van der Waals surface area (Å²) < 4.78 is 33.9. The van der Waals surface area contributed by atoms with Crippen LogP contribution in [0.2, 0.25) is 10.0 Å². The molecule has 40 heavy (non-hydrogen) atoms. The summed E-state index contributed by atoms with van der Waals surface area (Å²) in [5.41, 5.74) is 0.957. The number of carbonyl (C=O) groups excluding carboxylic acids is 2. The highest BCUT2D eigenvalue weighted by atomic mass is 35.5. The number of carbonyl (C=O) groups is 2. The Labute approximate surface area is 245 Å². The van der Waals surface area contributed by atoms with Crippen molar-refractivity contribution in [3.63, 3.8) is 0 Å². The van der Waals surface area contributed by atoms with Crippen LogP contribution in [0.3, 0.4) is 0 Å². The van der Waals surface area contributed by atoms with Gasteiger partial charge in [-0.3, -0.25) is 13.9 Å². The van der Waals surface area contributed by atoms with Gasteiger partial charge in [-0.25, -0.2) is 8.42 Å². The van der Waals surface area contributed by atoms with E-state index in [-0.39, 0.29) is 23.0 Å². The molecular weight excluding hydrogens is 573 g/mol. The van der Waals surface area contributed by atoms with Crippen LogP contribution in [-0.2, 0) is 26.2 Å². The Morgan fingerprint density at radius 1 is 0.950 bits per heavy atom. The average molecular weight is 607 g/mol. The quantitative estimate of drug-likeness (QED) is 0.276. The number of nitrogens with one attached hydrogen (secondary N) is 1. The first-order chi connectivity index (χ1) is 19.1. The SMILES string of the molecule is CCCNC(=O)[C@H](CC)N(Cc1ccc(Cl)cc1)C(=O)CN(c1cccc(Cl)c1)S(=O)(=O)c1ccc(OC)cc1. The molecule has 0 aromatic heterocycles. The maximum absolute atomic E-state index is 14.0. The van der Waals surface area contributed by atoms with Crippen LogP contribution in [0, 0.1) is 0 Å². The molecule has 1 N–H and O–H groups in total. The zero-order valence-corrected chi connectivity index (χ0v) is 25.0. The van der Waals surface area contributed by atoms with E-state index < -0.39 is 28.5 Å². The van der Waals surface area contributed by atoms with E-state index in [1.807, 2.05) is 6.92 Å². The summed E-state index contributed by atoms with van der Waals surface area (Å²) in [5.74, 6) is -0.369. The first-order valence-corrected chi connectivity index (χ1v) is 15.0. The number of halogens is 2. The normalized spacial score (nSPS) is 11.9. The Balaban J connectivity index is 2.05. The molecule has 0 aliphatic rings. The summed E-state index contributed by atoms with van der Waals surface area (Å²) in [7, 11) is -2.73. The third kappa shape index (κ3) is 7.90. The van der Waals surface area contributed by atoms with Gasteiger partial charge in [0.05, 0.1) is 17.7 Å². The van der Waals surface area contributed by atoms with Crippen molar-refractivity contribution in [2.75, 3.05) is 24.5 Å². The topological polar surface area (TPSA) is 96.0 Å². The van der Waals surface area contributed by atoms with E-state index in [2.05, 4.69) is 5.32 Å². The number of methoxy groups -OCH3 is 1. The van der Waals surface area contributed by atoms with E-state index >= 15 is 0 Å². The Morgan fingerprint density at radius 3 is 2.20 bits per heavy atom. The molecule has 3 aromatic carbocycles. The van der Waals surface area contributed by atoms with Crippen LogP contribution in [-0.4, -0.2) is 51.4 Å². The van der Waals surface area contributed by atoms with E-state index in [1.54, 1.807) is 49.4 Å². The van der Waals surface area contributed by atoms with Crippen molar-refractivity contribution >= 4 is 50.7 Å². The molecule has 1 atom stereocenters. The lowest BCUT2D eigenvalue weighted by Crippen LogP contribution is -2.52. The maximum Gasteiger partial charge on any atom is 0.264 e. The minimum Gasteiger partial charge on any atom is -0.497 e. The number of hydrogen-bond acceptors (Lipinski definition) is 5. The van der Waals surface area contributed by atoms with Gasteiger partial charge in [-0.05, 0) is 73.0 Å². The molecule has 8 nitrogen and oxygen atoms in total. The highest BCUT2D eigenvalue weighted by Crippen LogP contribution is 2.28. The number of anilines is 1. The molecule has 0 saturated heterocycles. The molecule has 11 heteroatoms. The molecule has 3 aromatic rings. The van der Waals surface area contributed by atoms with Crippen LogP contribution in [0.25, 0.3) is 0 Å². The third-order valence-corrected chi connectivity index (χ3v) is 8.50. The highest BCUT2D eigenvalue weighted by Gasteiger charge is 2.33. The minimum atomic E-state index is -4.22. The average Bonchev–Trinajstić information content (AvgIpc) is 2.95. The van der Waals surface area contributed by atoms with E-state index in [4.69, 9.17) is 27.9 Å². The van der Waals surface area contributed by atoms with Crippen molar-refractivity contribution in [2.45, 2.75) is 44.2 Å². The summed E-state index contributed by atoms with van der Waals surface area (Å²) in [6.07, 6.45) is 1.06. The lowest BCUT2D eigenvalue weighted by atomic mass is 10.1. The fraction of sp³-hybridized carbons (Fsp3) is 0.310. The van der Waals surface area contributed by atoms with Crippen molar-refractivity contribution < 1.29 is 22.7 Å². The Kier molecular flexibility index (Phi) is 11.2. The number of ether oxygens (including phenoxy) is 1. The molecule has 214 valence electrons. The standard InChI is InChI=1S/C29H33Cl2N3O5S/c1-4-17-32-29(36)27(5-2)33(19-21-9-11-22(30)12-10-21)28(35)20-34(24-8-6-7-23(31)18-24)40(37,38)26-15-13-25(39-3)14-16-26/h6-16,18,27H,4-5,17,19-20H2,1-3H3,(H,32,36)/t27-/m0/s1. The Bertz CT molecular complexity index is 1400. The molecule has 0 unspecified atom stereocenters. The third-order valence-electron chi connectivity index (χ3n) is 6.22. The van der Waals surface area contributed by atoms with E-state index in [1.165, 1.54) is 42.3 Å². The van der Waals surface area contributed by atoms with Gasteiger partial charge in [-0.15, -0.1) is 0 Å². The van der Waals surface area contributed by atoms with Crippen molar-refractivity contribution in [3.05, 3.63) is 88.4 Å². The molecule has 0 aliphatic carbocycles. The lowest BCUT2D eigenvalue weighted by molar-refractivity contribution is -0.140. The number of sulfonamides is 1. The van der Waals surface area contributed by atoms with Crippen LogP contribution >= 0.6 is 23.2 Å². The largest absolute Gasteiger partial charge is 0.497 e. The second-order valence-electron chi connectivity index (χ2n) is 9.03. The molecule has 2 amide bonds. The molecule has 3 rings (SSSR count). The van der Waals surface area contributed by atoms with E-state index in [0.717, 1.165) is 16.3 Å². The number of hydrogen-bond donors (Lipinski definition) is 1. The second kappa shape index (κ2) is 14.4. The zero-order valence-electron chi connectivity index (χ0n) is 22.6. The molecule has 0 bridgehead atoms. The van der Waals surface area contributed by atoms with Crippen LogP contribution in [0.4, 0.5) is 5.69 Å². The summed E-state index contributed by atoms with van der Waals surface area (Å²) in [6.45, 7) is 3.73. The van der Waals surface area contributed by atoms with Gasteiger partial charge < -0.3 is 15.0 Å². The van der Waals surface area contributed by atoms with Crippen molar-refractivity contribution in [1.29, 1.82) is 0 Å². The van der Waals surface area contributed by atoms with Gasteiger partial charge in [-0.1, -0.05) is 55.2 Å². The molecule has 0 heterocycles. The van der Waals surface area contributed by atoms with Gasteiger partial charge in [-0.2, -0.15) is 0 Å². The number of rotatable bonds is 13. The maximum atomic E-state index is 14.0. The Hall–Kier alpha value is -3.27. The smallest absolute Gasteiger partial charge is 0.264 e. The summed E-state index contributed by atoms with van der Waals surface area (Å²) >= 11 is 12.3. The molecule has 0 aliphatic heterocycles. The van der Waals surface area contributed by atoms with Gasteiger partial charge in [0.15, 0.2) is 0 Å². The van der Waals surface area contributed by atoms with Crippen molar-refractivity contribution in [1.82, 2.24) is 10.2 Å². The fourth-order valence-corrected chi connectivity index (χ4v) is 5.82. The van der Waals surface area contributed by atoms with Crippen LogP contribution in [0.1, 0.15) is 32.3 Å². The van der Waals surface area contributed by atoms with Gasteiger partial charge in [0.1, 0.15) is 18.3 Å². The first-order valence-electron chi connectivity index (χ1n) is 12.8. The fourth-order valence-electron chi connectivity index (χ4n) is 4.11. The second-order valence-corrected chi connectivity index (χ2v) is 11.8. The monoisotopic (exact) mass is 605 g/mol. The van der Waals surface area contributed by atoms with E-state index in [0.29, 0.717) is 28.8 Å². The van der Waals surface area contributed by atoms with E-state index in [9.17, 15) is 18.0 Å². The van der Waals surface area contributed by atoms with Gasteiger partial charge in [0.2, 0.25) is 11.8 Å². The van der Waals surface area contributed by atoms with Gasteiger partial charge in [0, 0.05) is 23.1 Å². The predicted molar refractivity (Wildman–Crippen MR) is 158 cm³/mol. The molecule has 0 spiro atoms. The van der Waals surface area contributed by atoms with Crippen molar-refractivity contribution in [2.24, 2.45) is 0 Å². The number of nitrogens with zero attached hydrogens (tertiary/aromatic N) is 2. The molecule has 0 fully saturated rings. The molecule has 0 saturated carbocycles. The first kappa shape index (κ1) is 31.3. The van der Waals surface area contributed by atoms with Gasteiger partial charge >= 0.3 is 0 Å². The zero-order chi connectivity index (χ0) is 29.3. The molecular formula is C29H33Cl2N3O5S. The van der Waals surface area contributed by atoms with Crippen LogP contribution in [0.15, 0.2) is 77.7 Å². The summed E-state index contributed by atoms with van der Waals surface area (Å²) in [6, 6.07) is 18.3. The number of benzene rings is 3. The summed E-state index contributed by atoms with van der Waals surface area (Å²) in [5, 5.41) is 3.70. The summed E-state index contributed by atoms with van der Waals surface area (Å²) in [4.78, 5) is 28.5. The molecule has 0 radical (unpaired) electrons. The minimum absolute atomic E-state index is 0.0296. The highest BCUT2D eigenvalue weighted by molar-refractivity contribution is 7.92. The van der Waals surface area contributed by atoms with Crippen molar-refractivity contribution in [3.8, 4) is 5.75 Å². The van der Waals surface area contributed by atoms with Crippen LogP contribution in [0.5, 0.6) is 5.75 Å². The Morgan fingerprint density at radius 2 is 1.62 bits per heavy atom. The van der Waals surface area contributed by atoms with Gasteiger partial charge in [0.25, 0.3) is 10.0 Å². The predicted octanol–water partition coefficient (Wildman–Crippen LogP) is 5.53.